The van der Waals surface area contributed by atoms with Crippen LogP contribution in [-0.4, -0.2) is 43.0 Å². The Morgan fingerprint density at radius 3 is 2.82 bits per heavy atom. The minimum Gasteiger partial charge on any atom is -0.377 e. The summed E-state index contributed by atoms with van der Waals surface area (Å²) in [4.78, 5) is 14.0. The molecule has 2 aliphatic rings. The molecule has 2 rings (SSSR count). The fourth-order valence-electron chi connectivity index (χ4n) is 2.99. The molecule has 1 heterocycles. The summed E-state index contributed by atoms with van der Waals surface area (Å²) in [6, 6.07) is 0. The normalized spacial score (nSPS) is 29.4. The molecule has 0 radical (unpaired) electrons. The number of ether oxygens (including phenoxy) is 1. The average Bonchev–Trinajstić information content (AvgIpc) is 2.96. The number of hydrogen-bond acceptors (Lipinski definition) is 3. The van der Waals surface area contributed by atoms with Crippen molar-refractivity contribution >= 4 is 5.78 Å². The van der Waals surface area contributed by atoms with Crippen molar-refractivity contribution in [3.05, 3.63) is 0 Å². The minimum atomic E-state index is 0.355. The van der Waals surface area contributed by atoms with Crippen molar-refractivity contribution in [1.82, 2.24) is 4.90 Å². The van der Waals surface area contributed by atoms with Crippen molar-refractivity contribution in [2.45, 2.75) is 51.6 Å². The maximum Gasteiger partial charge on any atom is 0.136 e. The summed E-state index contributed by atoms with van der Waals surface area (Å²) in [6.07, 6.45) is 6.97. The Labute approximate surface area is 105 Å². The van der Waals surface area contributed by atoms with Gasteiger partial charge in [0, 0.05) is 25.5 Å². The molecule has 2 atom stereocenters. The Morgan fingerprint density at radius 2 is 2.24 bits per heavy atom. The highest BCUT2D eigenvalue weighted by atomic mass is 16.5. The first-order valence-electron chi connectivity index (χ1n) is 7.16. The van der Waals surface area contributed by atoms with Gasteiger partial charge >= 0.3 is 0 Å². The molecule has 17 heavy (non-hydrogen) atoms. The lowest BCUT2D eigenvalue weighted by molar-refractivity contribution is -0.120. The lowest BCUT2D eigenvalue weighted by Gasteiger charge is -2.24. The van der Waals surface area contributed by atoms with E-state index >= 15 is 0 Å². The Balaban J connectivity index is 1.69. The van der Waals surface area contributed by atoms with Gasteiger partial charge in [0.05, 0.1) is 6.10 Å². The molecule has 1 aliphatic carbocycles. The van der Waals surface area contributed by atoms with Crippen LogP contribution in [-0.2, 0) is 9.53 Å². The Hall–Kier alpha value is -0.410. The third-order valence-corrected chi connectivity index (χ3v) is 4.16. The smallest absolute Gasteiger partial charge is 0.136 e. The highest BCUT2D eigenvalue weighted by molar-refractivity contribution is 5.82. The van der Waals surface area contributed by atoms with Crippen LogP contribution in [0, 0.1) is 5.92 Å². The van der Waals surface area contributed by atoms with Gasteiger partial charge in [-0.3, -0.25) is 4.79 Å². The summed E-state index contributed by atoms with van der Waals surface area (Å²) in [5.74, 6) is 0.853. The van der Waals surface area contributed by atoms with E-state index in [0.29, 0.717) is 17.8 Å². The van der Waals surface area contributed by atoms with Crippen LogP contribution in [0.3, 0.4) is 0 Å². The summed E-state index contributed by atoms with van der Waals surface area (Å²) in [5.41, 5.74) is 0. The van der Waals surface area contributed by atoms with Crippen molar-refractivity contribution in [3.8, 4) is 0 Å². The third-order valence-electron chi connectivity index (χ3n) is 4.16. The number of carbonyl (C=O) groups excluding carboxylic acids is 1. The van der Waals surface area contributed by atoms with Gasteiger partial charge in [0.25, 0.3) is 0 Å². The molecule has 2 fully saturated rings. The monoisotopic (exact) mass is 239 g/mol. The topological polar surface area (TPSA) is 29.5 Å². The second-order valence-corrected chi connectivity index (χ2v) is 5.37. The minimum absolute atomic E-state index is 0.355. The van der Waals surface area contributed by atoms with Crippen LogP contribution in [0.2, 0.25) is 0 Å². The summed E-state index contributed by atoms with van der Waals surface area (Å²) in [5, 5.41) is 0. The zero-order valence-corrected chi connectivity index (χ0v) is 11.0. The van der Waals surface area contributed by atoms with E-state index in [0.717, 1.165) is 51.9 Å². The van der Waals surface area contributed by atoms with Gasteiger partial charge in [-0.15, -0.1) is 0 Å². The average molecular weight is 239 g/mol. The van der Waals surface area contributed by atoms with E-state index in [1.807, 2.05) is 0 Å². The molecule has 0 aromatic rings. The van der Waals surface area contributed by atoms with E-state index in [2.05, 4.69) is 11.8 Å². The summed E-state index contributed by atoms with van der Waals surface area (Å²) in [6.45, 7) is 6.32. The molecule has 3 heteroatoms. The number of nitrogens with zero attached hydrogens (tertiary/aromatic N) is 1. The summed E-state index contributed by atoms with van der Waals surface area (Å²) < 4.78 is 5.67. The predicted molar refractivity (Wildman–Crippen MR) is 68.1 cm³/mol. The van der Waals surface area contributed by atoms with E-state index in [4.69, 9.17) is 4.74 Å². The highest BCUT2D eigenvalue weighted by Crippen LogP contribution is 2.24. The lowest BCUT2D eigenvalue weighted by atomic mass is 10.0. The van der Waals surface area contributed by atoms with E-state index < -0.39 is 0 Å². The molecule has 3 nitrogen and oxygen atoms in total. The van der Waals surface area contributed by atoms with Crippen LogP contribution in [0.15, 0.2) is 0 Å². The first-order chi connectivity index (χ1) is 8.29. The maximum atomic E-state index is 11.6. The molecule has 0 aromatic heterocycles. The summed E-state index contributed by atoms with van der Waals surface area (Å²) >= 11 is 0. The van der Waals surface area contributed by atoms with Gasteiger partial charge in [0.15, 0.2) is 0 Å². The van der Waals surface area contributed by atoms with Crippen LogP contribution < -0.4 is 0 Å². The zero-order valence-electron chi connectivity index (χ0n) is 11.0. The molecule has 0 bridgehead atoms. The lowest BCUT2D eigenvalue weighted by Crippen LogP contribution is -2.34. The van der Waals surface area contributed by atoms with Gasteiger partial charge in [-0.25, -0.2) is 0 Å². The zero-order chi connectivity index (χ0) is 12.1. The van der Waals surface area contributed by atoms with Crippen LogP contribution in [0.1, 0.15) is 45.4 Å². The second-order valence-electron chi connectivity index (χ2n) is 5.37. The SMILES string of the molecule is CCN(CCC1CCCC1=O)CC1CCCO1. The molecule has 0 amide bonds. The maximum absolute atomic E-state index is 11.6. The summed E-state index contributed by atoms with van der Waals surface area (Å²) in [7, 11) is 0. The molecule has 2 unspecified atom stereocenters. The Kier molecular flexibility index (Phi) is 4.99. The van der Waals surface area contributed by atoms with Crippen molar-refractivity contribution in [2.75, 3.05) is 26.2 Å². The Morgan fingerprint density at radius 1 is 1.35 bits per heavy atom. The van der Waals surface area contributed by atoms with Crippen LogP contribution >= 0.6 is 0 Å². The van der Waals surface area contributed by atoms with Crippen LogP contribution in [0.25, 0.3) is 0 Å². The molecular weight excluding hydrogens is 214 g/mol. The van der Waals surface area contributed by atoms with Gasteiger partial charge in [0.2, 0.25) is 0 Å². The quantitative estimate of drug-likeness (QED) is 0.712. The van der Waals surface area contributed by atoms with Gasteiger partial charge in [0.1, 0.15) is 5.78 Å². The fourth-order valence-corrected chi connectivity index (χ4v) is 2.99. The van der Waals surface area contributed by atoms with Crippen molar-refractivity contribution in [3.63, 3.8) is 0 Å². The number of Topliss-reactive ketones (excluding diaryl/α,β-unsaturated/α-hetero) is 1. The fraction of sp³-hybridized carbons (Fsp3) is 0.929. The number of likely N-dealkylation sites (N-methyl/N-ethyl adjacent to an activating group) is 1. The molecule has 0 spiro atoms. The number of rotatable bonds is 6. The number of carbonyl (C=O) groups is 1. The van der Waals surface area contributed by atoms with Gasteiger partial charge in [-0.2, -0.15) is 0 Å². The second kappa shape index (κ2) is 6.50. The van der Waals surface area contributed by atoms with E-state index in [9.17, 15) is 4.79 Å². The highest BCUT2D eigenvalue weighted by Gasteiger charge is 2.25. The largest absolute Gasteiger partial charge is 0.377 e. The van der Waals surface area contributed by atoms with Crippen LogP contribution in [0.4, 0.5) is 0 Å². The number of hydrogen-bond donors (Lipinski definition) is 0. The molecule has 0 aromatic carbocycles. The van der Waals surface area contributed by atoms with Crippen molar-refractivity contribution in [2.24, 2.45) is 5.92 Å². The van der Waals surface area contributed by atoms with E-state index in [1.54, 1.807) is 0 Å². The third kappa shape index (κ3) is 3.78. The molecule has 1 saturated heterocycles. The van der Waals surface area contributed by atoms with Gasteiger partial charge in [-0.05, 0) is 45.2 Å². The molecule has 1 saturated carbocycles. The van der Waals surface area contributed by atoms with Gasteiger partial charge in [-0.1, -0.05) is 6.92 Å². The Bertz CT molecular complexity index is 249. The van der Waals surface area contributed by atoms with Crippen molar-refractivity contribution < 1.29 is 9.53 Å². The molecule has 0 N–H and O–H groups in total. The van der Waals surface area contributed by atoms with E-state index in [-0.39, 0.29) is 0 Å². The standard InChI is InChI=1S/C14H25NO2/c1-2-15(11-13-6-4-10-17-13)9-8-12-5-3-7-14(12)16/h12-13H,2-11H2,1H3. The van der Waals surface area contributed by atoms with Gasteiger partial charge < -0.3 is 9.64 Å². The molecular formula is C14H25NO2. The van der Waals surface area contributed by atoms with Crippen LogP contribution in [0.5, 0.6) is 0 Å². The molecule has 98 valence electrons. The first kappa shape index (κ1) is 13.0. The predicted octanol–water partition coefficient (Wildman–Crippen LogP) is 2.25. The van der Waals surface area contributed by atoms with E-state index in [1.165, 1.54) is 12.8 Å². The van der Waals surface area contributed by atoms with Crippen molar-refractivity contribution in [1.29, 1.82) is 0 Å². The first-order valence-corrected chi connectivity index (χ1v) is 7.16. The molecule has 1 aliphatic heterocycles. The number of ketones is 1.